The smallest absolute Gasteiger partial charge is 0.253 e. The molecule has 3 aromatic rings. The van der Waals surface area contributed by atoms with E-state index in [1.54, 1.807) is 7.11 Å². The number of anilines is 2. The molecular weight excluding hydrogens is 482 g/mol. The Kier molecular flexibility index (Phi) is 8.44. The number of rotatable bonds is 7. The number of methoxy groups -OCH3 is 1. The minimum Gasteiger partial charge on any atom is -0.497 e. The van der Waals surface area contributed by atoms with Crippen molar-refractivity contribution >= 4 is 35.0 Å². The highest BCUT2D eigenvalue weighted by molar-refractivity contribution is 8.00. The first-order chi connectivity index (χ1) is 17.7. The fourth-order valence-electron chi connectivity index (χ4n) is 4.24. The quantitative estimate of drug-likeness (QED) is 0.408. The van der Waals surface area contributed by atoms with Crippen LogP contribution in [0.5, 0.6) is 5.75 Å². The molecule has 0 unspecified atom stereocenters. The zero-order valence-electron chi connectivity index (χ0n) is 22.0. The van der Waals surface area contributed by atoms with Crippen LogP contribution in [0.15, 0.2) is 77.7 Å². The summed E-state index contributed by atoms with van der Waals surface area (Å²) in [6, 6.07) is 23.6. The van der Waals surface area contributed by atoms with Gasteiger partial charge in [0.2, 0.25) is 5.91 Å². The molecule has 6 nitrogen and oxygen atoms in total. The zero-order valence-corrected chi connectivity index (χ0v) is 22.8. The number of hydrogen-bond donors (Lipinski definition) is 1. The van der Waals surface area contributed by atoms with Crippen molar-refractivity contribution in [3.63, 3.8) is 0 Å². The van der Waals surface area contributed by atoms with Crippen molar-refractivity contribution in [3.05, 3.63) is 83.9 Å². The van der Waals surface area contributed by atoms with Gasteiger partial charge >= 0.3 is 0 Å². The lowest BCUT2D eigenvalue weighted by molar-refractivity contribution is -0.113. The number of carbonyl (C=O) groups excluding carboxylic acids is 2. The van der Waals surface area contributed by atoms with Gasteiger partial charge in [0.05, 0.1) is 12.9 Å². The van der Waals surface area contributed by atoms with Crippen molar-refractivity contribution in [2.75, 3.05) is 49.3 Å². The SMILES string of the molecule is COc1ccc(C(=O)N2CCN(c3ccc(NC(=O)CSc4ccc(C(C)(C)C)cc4)cc3)CC2)cc1. The summed E-state index contributed by atoms with van der Waals surface area (Å²) < 4.78 is 5.17. The van der Waals surface area contributed by atoms with E-state index in [1.165, 1.54) is 17.3 Å². The summed E-state index contributed by atoms with van der Waals surface area (Å²) in [5.74, 6) is 1.12. The van der Waals surface area contributed by atoms with Crippen LogP contribution in [-0.4, -0.2) is 55.8 Å². The van der Waals surface area contributed by atoms with E-state index in [4.69, 9.17) is 4.74 Å². The van der Waals surface area contributed by atoms with E-state index >= 15 is 0 Å². The van der Waals surface area contributed by atoms with Crippen LogP contribution in [0.1, 0.15) is 36.7 Å². The standard InChI is InChI=1S/C30H35N3O3S/c1-30(2,3)23-7-15-27(16-8-23)37-21-28(34)31-24-9-11-25(12-10-24)32-17-19-33(20-18-32)29(35)22-5-13-26(36-4)14-6-22/h5-16H,17-21H2,1-4H3,(H,31,34). The number of nitrogens with one attached hydrogen (secondary N) is 1. The molecule has 0 radical (unpaired) electrons. The minimum absolute atomic E-state index is 0.0247. The molecule has 4 rings (SSSR count). The largest absolute Gasteiger partial charge is 0.497 e. The molecule has 1 aliphatic heterocycles. The molecule has 1 aliphatic rings. The van der Waals surface area contributed by atoms with E-state index in [1.807, 2.05) is 53.4 Å². The zero-order chi connectivity index (χ0) is 26.4. The Morgan fingerprint density at radius 1 is 0.865 bits per heavy atom. The van der Waals surface area contributed by atoms with Gasteiger partial charge < -0.3 is 19.9 Å². The second kappa shape index (κ2) is 11.7. The summed E-state index contributed by atoms with van der Waals surface area (Å²) in [6.07, 6.45) is 0. The van der Waals surface area contributed by atoms with Crippen LogP contribution >= 0.6 is 11.8 Å². The van der Waals surface area contributed by atoms with Gasteiger partial charge in [-0.25, -0.2) is 0 Å². The van der Waals surface area contributed by atoms with Crippen molar-refractivity contribution in [2.24, 2.45) is 0 Å². The third-order valence-electron chi connectivity index (χ3n) is 6.51. The fraction of sp³-hybridized carbons (Fsp3) is 0.333. The highest BCUT2D eigenvalue weighted by atomic mass is 32.2. The Morgan fingerprint density at radius 2 is 1.49 bits per heavy atom. The average Bonchev–Trinajstić information content (AvgIpc) is 2.92. The van der Waals surface area contributed by atoms with Crippen LogP contribution in [0.4, 0.5) is 11.4 Å². The summed E-state index contributed by atoms with van der Waals surface area (Å²) in [4.78, 5) is 30.5. The summed E-state index contributed by atoms with van der Waals surface area (Å²) >= 11 is 1.54. The van der Waals surface area contributed by atoms with Crippen molar-refractivity contribution in [1.82, 2.24) is 4.90 Å². The van der Waals surface area contributed by atoms with Crippen LogP contribution in [0.25, 0.3) is 0 Å². The van der Waals surface area contributed by atoms with Gasteiger partial charge in [0.1, 0.15) is 5.75 Å². The van der Waals surface area contributed by atoms with Crippen molar-refractivity contribution in [2.45, 2.75) is 31.1 Å². The van der Waals surface area contributed by atoms with Gasteiger partial charge in [0.15, 0.2) is 0 Å². The fourth-order valence-corrected chi connectivity index (χ4v) is 4.94. The maximum absolute atomic E-state index is 12.8. The van der Waals surface area contributed by atoms with Gasteiger partial charge in [-0.3, -0.25) is 9.59 Å². The molecule has 0 aromatic heterocycles. The van der Waals surface area contributed by atoms with Gasteiger partial charge in [0.25, 0.3) is 5.91 Å². The monoisotopic (exact) mass is 517 g/mol. The number of benzene rings is 3. The Morgan fingerprint density at radius 3 is 2.05 bits per heavy atom. The molecule has 3 aromatic carbocycles. The summed E-state index contributed by atoms with van der Waals surface area (Å²) in [6.45, 7) is 9.43. The molecule has 7 heteroatoms. The van der Waals surface area contributed by atoms with Crippen molar-refractivity contribution in [1.29, 1.82) is 0 Å². The number of thioether (sulfide) groups is 1. The Bertz CT molecular complexity index is 1190. The number of nitrogens with zero attached hydrogens (tertiary/aromatic N) is 2. The molecule has 0 spiro atoms. The molecule has 0 aliphatic carbocycles. The first kappa shape index (κ1) is 26.6. The van der Waals surface area contributed by atoms with Crippen LogP contribution in [0.3, 0.4) is 0 Å². The molecule has 0 bridgehead atoms. The van der Waals surface area contributed by atoms with Gasteiger partial charge in [-0.1, -0.05) is 32.9 Å². The van der Waals surface area contributed by atoms with E-state index in [0.717, 1.165) is 35.1 Å². The molecule has 194 valence electrons. The normalized spacial score (nSPS) is 13.8. The summed E-state index contributed by atoms with van der Waals surface area (Å²) in [5.41, 5.74) is 3.95. The lowest BCUT2D eigenvalue weighted by atomic mass is 9.87. The number of carbonyl (C=O) groups is 2. The van der Waals surface area contributed by atoms with E-state index in [2.05, 4.69) is 55.3 Å². The van der Waals surface area contributed by atoms with Gasteiger partial charge in [-0.15, -0.1) is 11.8 Å². The lowest BCUT2D eigenvalue weighted by Gasteiger charge is -2.36. The predicted octanol–water partition coefficient (Wildman–Crippen LogP) is 5.69. The molecule has 1 saturated heterocycles. The number of hydrogen-bond acceptors (Lipinski definition) is 5. The molecular formula is C30H35N3O3S. The van der Waals surface area contributed by atoms with Crippen LogP contribution in [0, 0.1) is 0 Å². The average molecular weight is 518 g/mol. The minimum atomic E-state index is -0.0247. The molecule has 0 saturated carbocycles. The molecule has 1 N–H and O–H groups in total. The Balaban J connectivity index is 1.23. The van der Waals surface area contributed by atoms with Crippen molar-refractivity contribution < 1.29 is 14.3 Å². The topological polar surface area (TPSA) is 61.9 Å². The second-order valence-electron chi connectivity index (χ2n) is 10.2. The van der Waals surface area contributed by atoms with E-state index in [0.29, 0.717) is 24.4 Å². The lowest BCUT2D eigenvalue weighted by Crippen LogP contribution is -2.48. The van der Waals surface area contributed by atoms with Gasteiger partial charge in [-0.05, 0) is 71.6 Å². The number of ether oxygens (including phenoxy) is 1. The molecule has 1 heterocycles. The highest BCUT2D eigenvalue weighted by Crippen LogP contribution is 2.26. The molecule has 1 fully saturated rings. The van der Waals surface area contributed by atoms with Crippen LogP contribution < -0.4 is 15.0 Å². The number of piperazine rings is 1. The third kappa shape index (κ3) is 7.07. The first-order valence-corrected chi connectivity index (χ1v) is 13.5. The summed E-state index contributed by atoms with van der Waals surface area (Å²) in [5, 5.41) is 2.99. The van der Waals surface area contributed by atoms with Gasteiger partial charge in [0, 0.05) is 48.0 Å². The Hall–Kier alpha value is -3.45. The maximum Gasteiger partial charge on any atom is 0.253 e. The number of amides is 2. The maximum atomic E-state index is 12.8. The predicted molar refractivity (Wildman–Crippen MR) is 152 cm³/mol. The summed E-state index contributed by atoms with van der Waals surface area (Å²) in [7, 11) is 1.61. The van der Waals surface area contributed by atoms with Crippen molar-refractivity contribution in [3.8, 4) is 5.75 Å². The molecule has 2 amide bonds. The first-order valence-electron chi connectivity index (χ1n) is 12.5. The van der Waals surface area contributed by atoms with Crippen LogP contribution in [0.2, 0.25) is 0 Å². The van der Waals surface area contributed by atoms with E-state index in [9.17, 15) is 9.59 Å². The molecule has 37 heavy (non-hydrogen) atoms. The molecule has 0 atom stereocenters. The second-order valence-corrected chi connectivity index (χ2v) is 11.2. The van der Waals surface area contributed by atoms with E-state index < -0.39 is 0 Å². The van der Waals surface area contributed by atoms with Crippen LogP contribution in [-0.2, 0) is 10.2 Å². The van der Waals surface area contributed by atoms with E-state index in [-0.39, 0.29) is 17.2 Å². The highest BCUT2D eigenvalue weighted by Gasteiger charge is 2.22. The van der Waals surface area contributed by atoms with Gasteiger partial charge in [-0.2, -0.15) is 0 Å². The Labute approximate surface area is 224 Å². The third-order valence-corrected chi connectivity index (χ3v) is 7.52.